The van der Waals surface area contributed by atoms with Gasteiger partial charge in [0.2, 0.25) is 17.7 Å². The number of anilines is 2. The van der Waals surface area contributed by atoms with Gasteiger partial charge in [-0.1, -0.05) is 0 Å². The molecule has 0 bridgehead atoms. The minimum atomic E-state index is -0.704. The molecular formula is C25H35N5O3. The zero-order valence-electron chi connectivity index (χ0n) is 19.7. The Morgan fingerprint density at radius 3 is 2.42 bits per heavy atom. The van der Waals surface area contributed by atoms with E-state index in [1.807, 2.05) is 19.9 Å². The second-order valence-electron chi connectivity index (χ2n) is 10.4. The van der Waals surface area contributed by atoms with Crippen molar-refractivity contribution in [3.8, 4) is 0 Å². The first-order valence-electron chi connectivity index (χ1n) is 12.3. The number of fused-ring (bicyclic) bond motifs is 1. The zero-order chi connectivity index (χ0) is 23.2. The molecule has 1 aromatic carbocycles. The SMILES string of the molecule is CC1(C)C(=O)N(C2CCC(=O)NC2=O)c2ccc(N3CCN(CC4CCNCC4)CC3)cc21. The molecule has 8 nitrogen and oxygen atoms in total. The first-order chi connectivity index (χ1) is 15.8. The lowest BCUT2D eigenvalue weighted by Crippen LogP contribution is -2.55. The van der Waals surface area contributed by atoms with Crippen LogP contribution in [0.5, 0.6) is 0 Å². The Hall–Kier alpha value is -2.45. The van der Waals surface area contributed by atoms with Crippen molar-refractivity contribution < 1.29 is 14.4 Å². The third kappa shape index (κ3) is 4.15. The summed E-state index contributed by atoms with van der Waals surface area (Å²) in [6.45, 7) is 11.4. The van der Waals surface area contributed by atoms with Gasteiger partial charge in [0.1, 0.15) is 6.04 Å². The van der Waals surface area contributed by atoms with Gasteiger partial charge in [0, 0.05) is 50.5 Å². The molecule has 8 heteroatoms. The van der Waals surface area contributed by atoms with Gasteiger partial charge in [0.25, 0.3) is 0 Å². The first-order valence-corrected chi connectivity index (χ1v) is 12.3. The van der Waals surface area contributed by atoms with E-state index in [2.05, 4.69) is 32.6 Å². The molecule has 0 aliphatic carbocycles. The largest absolute Gasteiger partial charge is 0.369 e. The summed E-state index contributed by atoms with van der Waals surface area (Å²) >= 11 is 0. The van der Waals surface area contributed by atoms with Crippen LogP contribution in [-0.2, 0) is 19.8 Å². The summed E-state index contributed by atoms with van der Waals surface area (Å²) in [5.74, 6) is 0.0908. The summed E-state index contributed by atoms with van der Waals surface area (Å²) < 4.78 is 0. The van der Waals surface area contributed by atoms with Crippen LogP contribution in [0.25, 0.3) is 0 Å². The van der Waals surface area contributed by atoms with E-state index in [-0.39, 0.29) is 24.1 Å². The monoisotopic (exact) mass is 453 g/mol. The van der Waals surface area contributed by atoms with Crippen molar-refractivity contribution in [3.05, 3.63) is 23.8 Å². The Labute approximate surface area is 195 Å². The summed E-state index contributed by atoms with van der Waals surface area (Å²) in [5.41, 5.74) is 2.20. The molecule has 2 N–H and O–H groups in total. The number of benzene rings is 1. The number of piperazine rings is 1. The van der Waals surface area contributed by atoms with Gasteiger partial charge in [0.15, 0.2) is 0 Å². The van der Waals surface area contributed by atoms with E-state index in [1.165, 1.54) is 19.4 Å². The van der Waals surface area contributed by atoms with Gasteiger partial charge in [-0.2, -0.15) is 0 Å². The maximum atomic E-state index is 13.4. The number of nitrogens with one attached hydrogen (secondary N) is 2. The lowest BCUT2D eigenvalue weighted by molar-refractivity contribution is -0.136. The molecule has 3 fully saturated rings. The number of nitrogens with zero attached hydrogens (tertiary/aromatic N) is 3. The highest BCUT2D eigenvalue weighted by Crippen LogP contribution is 2.45. The van der Waals surface area contributed by atoms with E-state index >= 15 is 0 Å². The summed E-state index contributed by atoms with van der Waals surface area (Å²) in [6, 6.07) is 5.58. The number of piperidine rings is 2. The lowest BCUT2D eigenvalue weighted by Gasteiger charge is -2.38. The van der Waals surface area contributed by atoms with E-state index in [0.29, 0.717) is 6.42 Å². The molecule has 1 aromatic rings. The quantitative estimate of drug-likeness (QED) is 0.668. The molecule has 1 atom stereocenters. The highest BCUT2D eigenvalue weighted by Gasteiger charge is 2.49. The van der Waals surface area contributed by atoms with Crippen LogP contribution in [-0.4, -0.2) is 74.5 Å². The molecule has 0 aromatic heterocycles. The lowest BCUT2D eigenvalue weighted by atomic mass is 9.86. The predicted octanol–water partition coefficient (Wildman–Crippen LogP) is 1.24. The van der Waals surface area contributed by atoms with Gasteiger partial charge in [0.05, 0.1) is 5.41 Å². The van der Waals surface area contributed by atoms with E-state index in [1.54, 1.807) is 4.90 Å². The number of carbonyl (C=O) groups excluding carboxylic acids is 3. The molecule has 4 aliphatic heterocycles. The van der Waals surface area contributed by atoms with Gasteiger partial charge < -0.3 is 10.2 Å². The first kappa shape index (κ1) is 22.3. The Morgan fingerprint density at radius 1 is 1.00 bits per heavy atom. The van der Waals surface area contributed by atoms with Crippen LogP contribution in [0.4, 0.5) is 11.4 Å². The Kier molecular flexibility index (Phi) is 5.91. The topological polar surface area (TPSA) is 85.0 Å². The van der Waals surface area contributed by atoms with Crippen molar-refractivity contribution >= 4 is 29.1 Å². The third-order valence-electron chi connectivity index (χ3n) is 7.90. The van der Waals surface area contributed by atoms with Crippen LogP contribution in [0, 0.1) is 5.92 Å². The molecule has 0 saturated carbocycles. The fourth-order valence-electron chi connectivity index (χ4n) is 5.81. The molecular weight excluding hydrogens is 418 g/mol. The van der Waals surface area contributed by atoms with Gasteiger partial charge in [-0.15, -0.1) is 0 Å². The van der Waals surface area contributed by atoms with Crippen LogP contribution in [0.3, 0.4) is 0 Å². The number of amides is 3. The van der Waals surface area contributed by atoms with Gasteiger partial charge in [-0.25, -0.2) is 0 Å². The minimum Gasteiger partial charge on any atom is -0.369 e. The van der Waals surface area contributed by atoms with E-state index in [4.69, 9.17) is 0 Å². The number of hydrogen-bond acceptors (Lipinski definition) is 6. The van der Waals surface area contributed by atoms with Gasteiger partial charge in [-0.3, -0.25) is 29.5 Å². The molecule has 3 saturated heterocycles. The number of hydrogen-bond donors (Lipinski definition) is 2. The number of imide groups is 1. The van der Waals surface area contributed by atoms with E-state index < -0.39 is 11.5 Å². The summed E-state index contributed by atoms with van der Waals surface area (Å²) in [7, 11) is 0. The van der Waals surface area contributed by atoms with Crippen LogP contribution >= 0.6 is 0 Å². The molecule has 1 unspecified atom stereocenters. The normalized spacial score (nSPS) is 26.5. The van der Waals surface area contributed by atoms with E-state index in [0.717, 1.165) is 62.1 Å². The molecule has 0 radical (unpaired) electrons. The molecule has 4 aliphatic rings. The van der Waals surface area contributed by atoms with Crippen molar-refractivity contribution in [1.82, 2.24) is 15.5 Å². The summed E-state index contributed by atoms with van der Waals surface area (Å²) in [5, 5.41) is 5.84. The molecule has 5 rings (SSSR count). The smallest absolute Gasteiger partial charge is 0.249 e. The molecule has 178 valence electrons. The fraction of sp³-hybridized carbons (Fsp3) is 0.640. The highest BCUT2D eigenvalue weighted by molar-refractivity contribution is 6.13. The van der Waals surface area contributed by atoms with Gasteiger partial charge in [-0.05, 0) is 75.9 Å². The van der Waals surface area contributed by atoms with Crippen molar-refractivity contribution in [3.63, 3.8) is 0 Å². The summed E-state index contributed by atoms with van der Waals surface area (Å²) in [6.07, 6.45) is 3.18. The molecule has 4 heterocycles. The maximum Gasteiger partial charge on any atom is 0.249 e. The van der Waals surface area contributed by atoms with Crippen LogP contribution in [0.15, 0.2) is 18.2 Å². The second kappa shape index (κ2) is 8.72. The third-order valence-corrected chi connectivity index (χ3v) is 7.90. The average molecular weight is 454 g/mol. The second-order valence-corrected chi connectivity index (χ2v) is 10.4. The average Bonchev–Trinajstić information content (AvgIpc) is 3.00. The highest BCUT2D eigenvalue weighted by atomic mass is 16.2. The summed E-state index contributed by atoms with van der Waals surface area (Å²) in [4.78, 5) is 44.1. The minimum absolute atomic E-state index is 0.0732. The van der Waals surface area contributed by atoms with Gasteiger partial charge >= 0.3 is 0 Å². The van der Waals surface area contributed by atoms with Crippen molar-refractivity contribution in [2.45, 2.75) is 51.0 Å². The zero-order valence-corrected chi connectivity index (χ0v) is 19.7. The predicted molar refractivity (Wildman–Crippen MR) is 127 cm³/mol. The number of carbonyl (C=O) groups is 3. The van der Waals surface area contributed by atoms with Crippen molar-refractivity contribution in [2.75, 3.05) is 55.6 Å². The van der Waals surface area contributed by atoms with Crippen LogP contribution < -0.4 is 20.4 Å². The number of rotatable bonds is 4. The Balaban J connectivity index is 1.30. The van der Waals surface area contributed by atoms with E-state index in [9.17, 15) is 14.4 Å². The fourth-order valence-corrected chi connectivity index (χ4v) is 5.81. The Bertz CT molecular complexity index is 947. The molecule has 0 spiro atoms. The molecule has 3 amide bonds. The standard InChI is InChI=1S/C25H35N5O3/c1-25(2)19-15-18(29-13-11-28(12-14-29)16-17-7-9-26-10-8-17)3-4-20(19)30(24(25)33)21-5-6-22(31)27-23(21)32/h3-4,15,17,21,26H,5-14,16H2,1-2H3,(H,27,31,32). The van der Waals surface area contributed by atoms with Crippen LogP contribution in [0.2, 0.25) is 0 Å². The molecule has 33 heavy (non-hydrogen) atoms. The Morgan fingerprint density at radius 2 is 1.73 bits per heavy atom. The maximum absolute atomic E-state index is 13.4. The van der Waals surface area contributed by atoms with Crippen LogP contribution in [0.1, 0.15) is 45.1 Å². The van der Waals surface area contributed by atoms with Crippen molar-refractivity contribution in [2.24, 2.45) is 5.92 Å². The van der Waals surface area contributed by atoms with Crippen molar-refractivity contribution in [1.29, 1.82) is 0 Å².